The van der Waals surface area contributed by atoms with Crippen LogP contribution in [0, 0.1) is 5.92 Å². The summed E-state index contributed by atoms with van der Waals surface area (Å²) in [4.78, 5) is 30.3. The highest BCUT2D eigenvalue weighted by atomic mass is 16.1. The molecule has 0 aliphatic carbocycles. The fourth-order valence-corrected chi connectivity index (χ4v) is 4.13. The molecule has 0 radical (unpaired) electrons. The first-order valence-corrected chi connectivity index (χ1v) is 8.10. The van der Waals surface area contributed by atoms with Crippen LogP contribution in [0.15, 0.2) is 29.3 Å². The molecule has 1 saturated heterocycles. The molecule has 0 aromatic carbocycles. The van der Waals surface area contributed by atoms with Crippen LogP contribution in [0.4, 0.5) is 11.8 Å². The second-order valence-electron chi connectivity index (χ2n) is 6.61. The number of nitrogen functional groups attached to an aromatic ring is 1. The number of anilines is 2. The predicted octanol–water partition coefficient (Wildman–Crippen LogP) is 0.720. The number of nitrogens with two attached hydrogens (primary N) is 1. The number of aromatic amines is 1. The zero-order valence-corrected chi connectivity index (χ0v) is 13.0. The van der Waals surface area contributed by atoms with Crippen molar-refractivity contribution < 1.29 is 0 Å². The van der Waals surface area contributed by atoms with Gasteiger partial charge in [-0.15, -0.1) is 0 Å². The summed E-state index contributed by atoms with van der Waals surface area (Å²) in [5.41, 5.74) is 8.47. The highest BCUT2D eigenvalue weighted by Crippen LogP contribution is 2.37. The molecule has 1 fully saturated rings. The Morgan fingerprint density at radius 1 is 1.21 bits per heavy atom. The maximum absolute atomic E-state index is 12.1. The van der Waals surface area contributed by atoms with Crippen molar-refractivity contribution in [3.63, 3.8) is 0 Å². The lowest BCUT2D eigenvalue weighted by Crippen LogP contribution is -2.47. The molecule has 8 heteroatoms. The molecular formula is C16H17N7O. The second kappa shape index (κ2) is 4.80. The average Bonchev–Trinajstić information content (AvgIpc) is 3.03. The Bertz CT molecular complexity index is 991. The monoisotopic (exact) mass is 323 g/mol. The minimum Gasteiger partial charge on any atom is -0.368 e. The molecule has 2 aliphatic heterocycles. The number of rotatable bonds is 1. The van der Waals surface area contributed by atoms with Crippen LogP contribution in [0.25, 0.3) is 11.2 Å². The predicted molar refractivity (Wildman–Crippen MR) is 89.9 cm³/mol. The van der Waals surface area contributed by atoms with Crippen LogP contribution in [0.3, 0.4) is 0 Å². The Morgan fingerprint density at radius 3 is 3.04 bits per heavy atom. The highest BCUT2D eigenvalue weighted by Gasteiger charge is 2.35. The van der Waals surface area contributed by atoms with Gasteiger partial charge in [0, 0.05) is 37.3 Å². The van der Waals surface area contributed by atoms with E-state index in [0.717, 1.165) is 43.1 Å². The Labute approximate surface area is 137 Å². The van der Waals surface area contributed by atoms with Crippen molar-refractivity contribution in [2.24, 2.45) is 5.92 Å². The Hall–Kier alpha value is -2.90. The lowest BCUT2D eigenvalue weighted by molar-refractivity contribution is 0.281. The SMILES string of the molecule is Nc1nc(N2CC3CC(C2)c2cccc(=O)n2C3)c2[nH]cnc2n1. The van der Waals surface area contributed by atoms with Crippen molar-refractivity contribution in [2.45, 2.75) is 18.9 Å². The molecule has 2 bridgehead atoms. The highest BCUT2D eigenvalue weighted by molar-refractivity contribution is 5.84. The van der Waals surface area contributed by atoms with E-state index in [-0.39, 0.29) is 11.5 Å². The molecular weight excluding hydrogens is 306 g/mol. The molecule has 2 aliphatic rings. The number of hydrogen-bond acceptors (Lipinski definition) is 6. The van der Waals surface area contributed by atoms with Gasteiger partial charge in [0.05, 0.1) is 6.33 Å². The molecule has 3 N–H and O–H groups in total. The molecule has 0 spiro atoms. The van der Waals surface area contributed by atoms with Gasteiger partial charge in [-0.3, -0.25) is 4.79 Å². The van der Waals surface area contributed by atoms with E-state index < -0.39 is 0 Å². The van der Waals surface area contributed by atoms with E-state index in [0.29, 0.717) is 17.5 Å². The van der Waals surface area contributed by atoms with Crippen molar-refractivity contribution >= 4 is 22.9 Å². The van der Waals surface area contributed by atoms with Crippen molar-refractivity contribution in [3.05, 3.63) is 40.6 Å². The van der Waals surface area contributed by atoms with E-state index in [1.54, 1.807) is 12.4 Å². The summed E-state index contributed by atoms with van der Waals surface area (Å²) in [5, 5.41) is 0. The van der Waals surface area contributed by atoms with E-state index in [2.05, 4.69) is 30.9 Å². The number of piperidine rings is 1. The molecule has 8 nitrogen and oxygen atoms in total. The van der Waals surface area contributed by atoms with Crippen molar-refractivity contribution in [2.75, 3.05) is 23.7 Å². The molecule has 5 rings (SSSR count). The lowest BCUT2D eigenvalue weighted by Gasteiger charge is -2.43. The maximum atomic E-state index is 12.1. The van der Waals surface area contributed by atoms with Crippen LogP contribution in [0.2, 0.25) is 0 Å². The molecule has 3 aromatic heterocycles. The van der Waals surface area contributed by atoms with Gasteiger partial charge in [-0.25, -0.2) is 4.98 Å². The van der Waals surface area contributed by atoms with Crippen LogP contribution in [0.1, 0.15) is 18.0 Å². The van der Waals surface area contributed by atoms with Gasteiger partial charge in [0.2, 0.25) is 5.95 Å². The Morgan fingerprint density at radius 2 is 2.12 bits per heavy atom. The molecule has 0 saturated carbocycles. The fourth-order valence-electron chi connectivity index (χ4n) is 4.13. The number of pyridine rings is 1. The molecule has 5 heterocycles. The summed E-state index contributed by atoms with van der Waals surface area (Å²) in [6.45, 7) is 2.42. The zero-order chi connectivity index (χ0) is 16.3. The van der Waals surface area contributed by atoms with Gasteiger partial charge in [-0.05, 0) is 18.4 Å². The number of nitrogens with zero attached hydrogens (tertiary/aromatic N) is 5. The average molecular weight is 323 g/mol. The number of H-pyrrole nitrogens is 1. The van der Waals surface area contributed by atoms with Gasteiger partial charge in [-0.1, -0.05) is 6.07 Å². The van der Waals surface area contributed by atoms with Crippen LogP contribution >= 0.6 is 0 Å². The normalized spacial score (nSPS) is 22.6. The topological polar surface area (TPSA) is 106 Å². The van der Waals surface area contributed by atoms with Crippen LogP contribution in [0.5, 0.6) is 0 Å². The standard InChI is InChI=1S/C16H17N7O/c17-16-20-14-13(18-8-19-14)15(21-16)22-5-9-4-10(7-22)11-2-1-3-12(24)23(11)6-9/h1-3,8-10H,4-7H2,(H3,17,18,19,20,21). The maximum Gasteiger partial charge on any atom is 0.250 e. The van der Waals surface area contributed by atoms with E-state index in [1.807, 2.05) is 10.6 Å². The number of nitrogens with one attached hydrogen (secondary N) is 1. The van der Waals surface area contributed by atoms with Crippen LogP contribution in [-0.4, -0.2) is 37.6 Å². The Balaban J connectivity index is 1.59. The summed E-state index contributed by atoms with van der Waals surface area (Å²) < 4.78 is 1.93. The summed E-state index contributed by atoms with van der Waals surface area (Å²) in [5.74, 6) is 1.78. The van der Waals surface area contributed by atoms with Crippen molar-refractivity contribution in [1.29, 1.82) is 0 Å². The van der Waals surface area contributed by atoms with Gasteiger partial charge in [0.15, 0.2) is 11.5 Å². The third-order valence-electron chi connectivity index (χ3n) is 5.06. The van der Waals surface area contributed by atoms with Gasteiger partial charge >= 0.3 is 0 Å². The molecule has 2 unspecified atom stereocenters. The van der Waals surface area contributed by atoms with E-state index in [1.165, 1.54) is 0 Å². The first-order valence-electron chi connectivity index (χ1n) is 8.10. The summed E-state index contributed by atoms with van der Waals surface area (Å²) in [6.07, 6.45) is 2.72. The minimum absolute atomic E-state index is 0.0953. The summed E-state index contributed by atoms with van der Waals surface area (Å²) in [6, 6.07) is 5.55. The Kier molecular flexibility index (Phi) is 2.70. The van der Waals surface area contributed by atoms with Gasteiger partial charge < -0.3 is 20.2 Å². The smallest absolute Gasteiger partial charge is 0.250 e. The third-order valence-corrected chi connectivity index (χ3v) is 5.06. The fraction of sp³-hybridized carbons (Fsp3) is 0.375. The molecule has 122 valence electrons. The lowest BCUT2D eigenvalue weighted by atomic mass is 9.83. The summed E-state index contributed by atoms with van der Waals surface area (Å²) >= 11 is 0. The number of aromatic nitrogens is 5. The van der Waals surface area contributed by atoms with Crippen molar-refractivity contribution in [1.82, 2.24) is 24.5 Å². The van der Waals surface area contributed by atoms with Gasteiger partial charge in [0.1, 0.15) is 5.52 Å². The number of fused-ring (bicyclic) bond motifs is 5. The zero-order valence-electron chi connectivity index (χ0n) is 13.0. The van der Waals surface area contributed by atoms with Crippen molar-refractivity contribution in [3.8, 4) is 0 Å². The third kappa shape index (κ3) is 1.92. The first kappa shape index (κ1) is 13.5. The summed E-state index contributed by atoms with van der Waals surface area (Å²) in [7, 11) is 0. The largest absolute Gasteiger partial charge is 0.368 e. The second-order valence-corrected chi connectivity index (χ2v) is 6.61. The van der Waals surface area contributed by atoms with Crippen LogP contribution in [-0.2, 0) is 6.54 Å². The van der Waals surface area contributed by atoms with Crippen LogP contribution < -0.4 is 16.2 Å². The first-order chi connectivity index (χ1) is 11.7. The molecule has 0 amide bonds. The minimum atomic E-state index is 0.0953. The van der Waals surface area contributed by atoms with E-state index in [9.17, 15) is 4.79 Å². The van der Waals surface area contributed by atoms with E-state index in [4.69, 9.17) is 5.73 Å². The molecule has 2 atom stereocenters. The number of hydrogen-bond donors (Lipinski definition) is 2. The van der Waals surface area contributed by atoms with Gasteiger partial charge in [-0.2, -0.15) is 9.97 Å². The number of imidazole rings is 1. The molecule has 3 aromatic rings. The molecule has 24 heavy (non-hydrogen) atoms. The van der Waals surface area contributed by atoms with E-state index >= 15 is 0 Å². The quantitative estimate of drug-likeness (QED) is 0.683. The van der Waals surface area contributed by atoms with Gasteiger partial charge in [0.25, 0.3) is 5.56 Å².